The third-order valence-electron chi connectivity index (χ3n) is 6.51. The average molecular weight is 465 g/mol. The molecule has 34 heavy (non-hydrogen) atoms. The smallest absolute Gasteiger partial charge is 0.253 e. The number of rotatable bonds is 7. The van der Waals surface area contributed by atoms with E-state index >= 15 is 0 Å². The number of piperidine rings is 1. The Kier molecular flexibility index (Phi) is 7.30. The summed E-state index contributed by atoms with van der Waals surface area (Å²) in [6.45, 7) is 5.35. The van der Waals surface area contributed by atoms with Crippen LogP contribution in [-0.4, -0.2) is 65.2 Å². The molecule has 1 aromatic heterocycles. The highest BCUT2D eigenvalue weighted by Crippen LogP contribution is 2.24. The van der Waals surface area contributed by atoms with Gasteiger partial charge in [0.2, 0.25) is 5.91 Å². The predicted octanol–water partition coefficient (Wildman–Crippen LogP) is 2.83. The van der Waals surface area contributed by atoms with Crippen LogP contribution in [0.4, 0.5) is 17.2 Å². The second-order valence-corrected chi connectivity index (χ2v) is 9.04. The maximum Gasteiger partial charge on any atom is 0.253 e. The van der Waals surface area contributed by atoms with Gasteiger partial charge in [-0.3, -0.25) is 14.4 Å². The summed E-state index contributed by atoms with van der Waals surface area (Å²) in [5, 5.41) is 6.56. The molecule has 3 heterocycles. The number of nitrogens with zero attached hydrogens (tertiary/aromatic N) is 3. The number of likely N-dealkylation sites (tertiary alicyclic amines) is 2. The van der Waals surface area contributed by atoms with Crippen molar-refractivity contribution in [1.82, 2.24) is 14.8 Å². The van der Waals surface area contributed by atoms with Crippen LogP contribution < -0.4 is 16.4 Å². The number of amides is 3. The summed E-state index contributed by atoms with van der Waals surface area (Å²) in [6.07, 6.45) is 5.56. The Morgan fingerprint density at radius 2 is 1.76 bits per heavy atom. The molecule has 1 atom stereocenters. The zero-order valence-electron chi connectivity index (χ0n) is 19.5. The number of carbonyl (C=O) groups excluding carboxylic acids is 3. The second-order valence-electron chi connectivity index (χ2n) is 9.04. The fourth-order valence-electron chi connectivity index (χ4n) is 4.59. The Morgan fingerprint density at radius 3 is 2.44 bits per heavy atom. The molecule has 3 amide bonds. The van der Waals surface area contributed by atoms with Crippen molar-refractivity contribution in [2.75, 3.05) is 43.4 Å². The number of primary amides is 1. The lowest BCUT2D eigenvalue weighted by Gasteiger charge is -2.32. The molecule has 9 nitrogen and oxygen atoms in total. The summed E-state index contributed by atoms with van der Waals surface area (Å²) in [7, 11) is 0. The first-order chi connectivity index (χ1) is 16.4. The number of anilines is 3. The summed E-state index contributed by atoms with van der Waals surface area (Å²) in [5.41, 5.74) is 7.93. The van der Waals surface area contributed by atoms with Crippen LogP contribution in [0.3, 0.4) is 0 Å². The van der Waals surface area contributed by atoms with Crippen molar-refractivity contribution in [2.24, 2.45) is 11.7 Å². The van der Waals surface area contributed by atoms with Crippen LogP contribution in [0.2, 0.25) is 0 Å². The van der Waals surface area contributed by atoms with Gasteiger partial charge in [-0.05, 0) is 55.9 Å². The molecule has 2 aliphatic rings. The standard InChI is InChI=1S/C25H32N6O3/c1-17(32)31-12-4-5-18(16-31)14-27-22-13-23(28-15-21(22)24(26)33)29-20-8-6-19(7-9-20)25(34)30-10-2-3-11-30/h6-9,13,15,18H,2-5,10-12,14,16H2,1H3,(H2,26,33)(H2,27,28,29). The zero-order valence-corrected chi connectivity index (χ0v) is 19.5. The van der Waals surface area contributed by atoms with E-state index in [1.807, 2.05) is 34.1 Å². The van der Waals surface area contributed by atoms with Gasteiger partial charge in [-0.25, -0.2) is 4.98 Å². The van der Waals surface area contributed by atoms with Gasteiger partial charge in [0.1, 0.15) is 5.82 Å². The fourth-order valence-corrected chi connectivity index (χ4v) is 4.59. The van der Waals surface area contributed by atoms with Gasteiger partial charge in [-0.2, -0.15) is 0 Å². The number of carbonyl (C=O) groups is 3. The lowest BCUT2D eigenvalue weighted by atomic mass is 9.97. The third kappa shape index (κ3) is 5.65. The van der Waals surface area contributed by atoms with Crippen molar-refractivity contribution in [2.45, 2.75) is 32.6 Å². The summed E-state index contributed by atoms with van der Waals surface area (Å²) in [6, 6.07) is 9.07. The monoisotopic (exact) mass is 464 g/mol. The molecule has 0 spiro atoms. The lowest BCUT2D eigenvalue weighted by molar-refractivity contribution is -0.130. The van der Waals surface area contributed by atoms with Crippen molar-refractivity contribution < 1.29 is 14.4 Å². The van der Waals surface area contributed by atoms with Crippen LogP contribution in [-0.2, 0) is 4.79 Å². The van der Waals surface area contributed by atoms with E-state index in [4.69, 9.17) is 5.73 Å². The van der Waals surface area contributed by atoms with Crippen LogP contribution in [0.5, 0.6) is 0 Å². The molecular weight excluding hydrogens is 432 g/mol. The first-order valence-corrected chi connectivity index (χ1v) is 11.9. The van der Waals surface area contributed by atoms with E-state index in [2.05, 4.69) is 15.6 Å². The average Bonchev–Trinajstić information content (AvgIpc) is 3.38. The lowest BCUT2D eigenvalue weighted by Crippen LogP contribution is -2.40. The van der Waals surface area contributed by atoms with E-state index in [0.717, 1.165) is 51.0 Å². The molecule has 4 N–H and O–H groups in total. The predicted molar refractivity (Wildman–Crippen MR) is 131 cm³/mol. The SMILES string of the molecule is CC(=O)N1CCCC(CNc2cc(Nc3ccc(C(=O)N4CCCC4)cc3)ncc2C(N)=O)C1. The molecule has 0 saturated carbocycles. The van der Waals surface area contributed by atoms with Gasteiger partial charge >= 0.3 is 0 Å². The number of hydrogen-bond acceptors (Lipinski definition) is 6. The third-order valence-corrected chi connectivity index (χ3v) is 6.51. The van der Waals surface area contributed by atoms with Crippen molar-refractivity contribution in [3.8, 4) is 0 Å². The minimum absolute atomic E-state index is 0.0607. The number of aromatic nitrogens is 1. The van der Waals surface area contributed by atoms with Crippen LogP contribution in [0.25, 0.3) is 0 Å². The molecule has 9 heteroatoms. The number of nitrogens with two attached hydrogens (primary N) is 1. The van der Waals surface area contributed by atoms with Crippen LogP contribution in [0.15, 0.2) is 36.5 Å². The maximum atomic E-state index is 12.5. The molecule has 0 aliphatic carbocycles. The number of hydrogen-bond donors (Lipinski definition) is 3. The molecule has 2 saturated heterocycles. The molecule has 180 valence electrons. The Labute approximate surface area is 199 Å². The Morgan fingerprint density at radius 1 is 1.06 bits per heavy atom. The van der Waals surface area contributed by atoms with Gasteiger partial charge in [0.05, 0.1) is 11.3 Å². The van der Waals surface area contributed by atoms with E-state index in [0.29, 0.717) is 41.6 Å². The Balaban J connectivity index is 1.42. The van der Waals surface area contributed by atoms with E-state index in [1.165, 1.54) is 6.20 Å². The summed E-state index contributed by atoms with van der Waals surface area (Å²) in [5.74, 6) is 0.445. The highest BCUT2D eigenvalue weighted by Gasteiger charge is 2.22. The highest BCUT2D eigenvalue weighted by atomic mass is 16.2. The van der Waals surface area contributed by atoms with Gasteiger partial charge in [-0.1, -0.05) is 0 Å². The van der Waals surface area contributed by atoms with Crippen molar-refractivity contribution in [3.05, 3.63) is 47.7 Å². The molecule has 0 bridgehead atoms. The first kappa shape index (κ1) is 23.5. The van der Waals surface area contributed by atoms with Gasteiger partial charge in [0.25, 0.3) is 11.8 Å². The van der Waals surface area contributed by atoms with Gasteiger partial charge in [0, 0.05) is 63.2 Å². The van der Waals surface area contributed by atoms with Crippen LogP contribution in [0, 0.1) is 5.92 Å². The molecule has 2 aliphatic heterocycles. The second kappa shape index (κ2) is 10.5. The first-order valence-electron chi connectivity index (χ1n) is 11.9. The van der Waals surface area contributed by atoms with Crippen molar-refractivity contribution in [1.29, 1.82) is 0 Å². The van der Waals surface area contributed by atoms with Crippen LogP contribution >= 0.6 is 0 Å². The van der Waals surface area contributed by atoms with E-state index in [9.17, 15) is 14.4 Å². The molecule has 1 aromatic carbocycles. The Hall–Kier alpha value is -3.62. The van der Waals surface area contributed by atoms with Crippen LogP contribution in [0.1, 0.15) is 53.3 Å². The molecule has 2 fully saturated rings. The zero-order chi connectivity index (χ0) is 24.1. The van der Waals surface area contributed by atoms with Gasteiger partial charge in [0.15, 0.2) is 0 Å². The Bertz CT molecular complexity index is 1050. The topological polar surface area (TPSA) is 121 Å². The minimum Gasteiger partial charge on any atom is -0.384 e. The summed E-state index contributed by atoms with van der Waals surface area (Å²) in [4.78, 5) is 44.3. The molecule has 4 rings (SSSR count). The van der Waals surface area contributed by atoms with Crippen molar-refractivity contribution >= 4 is 34.9 Å². The molecule has 2 aromatic rings. The molecular formula is C25H32N6O3. The number of pyridine rings is 1. The normalized spacial score (nSPS) is 18.0. The van der Waals surface area contributed by atoms with E-state index in [1.54, 1.807) is 13.0 Å². The number of nitrogens with one attached hydrogen (secondary N) is 2. The summed E-state index contributed by atoms with van der Waals surface area (Å²) < 4.78 is 0. The summed E-state index contributed by atoms with van der Waals surface area (Å²) >= 11 is 0. The van der Waals surface area contributed by atoms with Crippen molar-refractivity contribution in [3.63, 3.8) is 0 Å². The quantitative estimate of drug-likeness (QED) is 0.579. The molecule has 0 radical (unpaired) electrons. The maximum absolute atomic E-state index is 12.5. The highest BCUT2D eigenvalue weighted by molar-refractivity contribution is 5.98. The van der Waals surface area contributed by atoms with Gasteiger partial charge < -0.3 is 26.2 Å². The minimum atomic E-state index is -0.555. The van der Waals surface area contributed by atoms with E-state index in [-0.39, 0.29) is 11.8 Å². The largest absolute Gasteiger partial charge is 0.384 e. The fraction of sp³-hybridized carbons (Fsp3) is 0.440. The molecule has 1 unspecified atom stereocenters. The van der Waals surface area contributed by atoms with Gasteiger partial charge in [-0.15, -0.1) is 0 Å². The van der Waals surface area contributed by atoms with E-state index < -0.39 is 5.91 Å². The number of benzene rings is 1.